The lowest BCUT2D eigenvalue weighted by Gasteiger charge is -2.32. The van der Waals surface area contributed by atoms with Gasteiger partial charge in [-0.25, -0.2) is 8.42 Å². The number of aliphatic hydroxyl groups is 1. The Morgan fingerprint density at radius 1 is 1.25 bits per heavy atom. The van der Waals surface area contributed by atoms with Gasteiger partial charge in [-0.05, 0) is 24.3 Å². The maximum Gasteiger partial charge on any atom is 0.263 e. The lowest BCUT2D eigenvalue weighted by Crippen LogP contribution is -2.47. The van der Waals surface area contributed by atoms with Crippen molar-refractivity contribution in [2.24, 2.45) is 5.73 Å². The minimum absolute atomic E-state index is 0.284. The third-order valence-electron chi connectivity index (χ3n) is 3.61. The Kier molecular flexibility index (Phi) is 4.42. The van der Waals surface area contributed by atoms with Crippen LogP contribution in [0.15, 0.2) is 30.3 Å². The maximum absolute atomic E-state index is 11.9. The number of aliphatic hydroxyl groups excluding tert-OH is 1. The molecule has 0 radical (unpaired) electrons. The van der Waals surface area contributed by atoms with Crippen molar-refractivity contribution < 1.29 is 18.3 Å². The molecule has 1 aromatic carbocycles. The zero-order valence-corrected chi connectivity index (χ0v) is 11.8. The molecule has 0 bridgehead atoms. The van der Waals surface area contributed by atoms with Gasteiger partial charge in [0.05, 0.1) is 0 Å². The number of nitrogens with two attached hydrogens (primary N) is 1. The summed E-state index contributed by atoms with van der Waals surface area (Å²) in [6.07, 6.45) is 1.32. The Labute approximate surface area is 118 Å². The van der Waals surface area contributed by atoms with Crippen LogP contribution >= 0.6 is 0 Å². The first-order valence-corrected chi connectivity index (χ1v) is 7.94. The molecule has 1 heterocycles. The predicted octanol–water partition coefficient (Wildman–Crippen LogP) is -0.000500. The zero-order valence-electron chi connectivity index (χ0n) is 11.0. The number of carbonyl (C=O) groups excluding carboxylic acids is 1. The molecule has 1 aromatic rings. The number of primary amides is 1. The summed E-state index contributed by atoms with van der Waals surface area (Å²) in [6.45, 7) is 0.568. The topological polar surface area (TPSA) is 101 Å². The molecule has 0 aliphatic carbocycles. The molecule has 2 rings (SSSR count). The van der Waals surface area contributed by atoms with Gasteiger partial charge in [0.2, 0.25) is 5.44 Å². The first-order chi connectivity index (χ1) is 9.43. The summed E-state index contributed by atoms with van der Waals surface area (Å²) in [5, 5.41) is 9.39. The van der Waals surface area contributed by atoms with Gasteiger partial charge < -0.3 is 10.8 Å². The number of carbonyl (C=O) groups is 1. The molecule has 1 unspecified atom stereocenters. The molecule has 20 heavy (non-hydrogen) atoms. The molecule has 0 saturated carbocycles. The molecular weight excluding hydrogens is 280 g/mol. The van der Waals surface area contributed by atoms with Gasteiger partial charge in [0, 0.05) is 13.1 Å². The van der Waals surface area contributed by atoms with E-state index in [1.807, 2.05) is 30.3 Å². The Balaban J connectivity index is 2.03. The molecule has 1 amide bonds. The van der Waals surface area contributed by atoms with Crippen LogP contribution in [0.25, 0.3) is 0 Å². The molecule has 1 atom stereocenters. The van der Waals surface area contributed by atoms with Crippen LogP contribution in [-0.2, 0) is 14.8 Å². The van der Waals surface area contributed by atoms with Gasteiger partial charge in [0.1, 0.15) is 0 Å². The van der Waals surface area contributed by atoms with E-state index in [-0.39, 0.29) is 13.1 Å². The third-order valence-corrected chi connectivity index (χ3v) is 5.49. The quantitative estimate of drug-likeness (QED) is 0.817. The monoisotopic (exact) mass is 298 g/mol. The van der Waals surface area contributed by atoms with Crippen molar-refractivity contribution in [1.29, 1.82) is 0 Å². The number of amides is 1. The lowest BCUT2D eigenvalue weighted by molar-refractivity contribution is -0.122. The van der Waals surface area contributed by atoms with Crippen molar-refractivity contribution >= 4 is 15.9 Å². The number of nitrogens with zero attached hydrogens (tertiary/aromatic N) is 1. The largest absolute Gasteiger partial charge is 0.368 e. The molecule has 6 nitrogen and oxygen atoms in total. The van der Waals surface area contributed by atoms with E-state index in [9.17, 15) is 18.3 Å². The van der Waals surface area contributed by atoms with Gasteiger partial charge >= 0.3 is 0 Å². The predicted molar refractivity (Wildman–Crippen MR) is 74.1 cm³/mol. The summed E-state index contributed by atoms with van der Waals surface area (Å²) < 4.78 is 25.0. The Hall–Kier alpha value is -1.44. The molecule has 1 saturated heterocycles. The van der Waals surface area contributed by atoms with E-state index >= 15 is 0 Å². The minimum Gasteiger partial charge on any atom is -0.368 e. The SMILES string of the molecule is NC(=O)C(O)S(=O)(=O)N1CCC(c2ccccc2)CC1. The normalized spacial score (nSPS) is 19.6. The molecular formula is C13H18N2O4S. The molecule has 1 fully saturated rings. The van der Waals surface area contributed by atoms with Crippen LogP contribution in [0.2, 0.25) is 0 Å². The van der Waals surface area contributed by atoms with Crippen LogP contribution < -0.4 is 5.73 Å². The molecule has 110 valence electrons. The third kappa shape index (κ3) is 3.00. The second-order valence-corrected chi connectivity index (χ2v) is 6.88. The van der Waals surface area contributed by atoms with Gasteiger partial charge in [0.15, 0.2) is 0 Å². The first kappa shape index (κ1) is 15.0. The van der Waals surface area contributed by atoms with Gasteiger partial charge in [-0.15, -0.1) is 0 Å². The van der Waals surface area contributed by atoms with Crippen molar-refractivity contribution in [3.63, 3.8) is 0 Å². The highest BCUT2D eigenvalue weighted by molar-refractivity contribution is 7.90. The van der Waals surface area contributed by atoms with Crippen LogP contribution in [0.4, 0.5) is 0 Å². The second-order valence-electron chi connectivity index (χ2n) is 4.88. The molecule has 1 aliphatic rings. The molecule has 7 heteroatoms. The smallest absolute Gasteiger partial charge is 0.263 e. The highest BCUT2D eigenvalue weighted by Crippen LogP contribution is 2.29. The fraction of sp³-hybridized carbons (Fsp3) is 0.462. The number of piperidine rings is 1. The number of sulfonamides is 1. The van der Waals surface area contributed by atoms with Crippen LogP contribution in [-0.4, -0.2) is 42.3 Å². The first-order valence-electron chi connectivity index (χ1n) is 6.44. The van der Waals surface area contributed by atoms with Crippen LogP contribution in [0.1, 0.15) is 24.3 Å². The van der Waals surface area contributed by atoms with Crippen molar-refractivity contribution in [2.45, 2.75) is 24.2 Å². The second kappa shape index (κ2) is 5.90. The summed E-state index contributed by atoms with van der Waals surface area (Å²) in [4.78, 5) is 10.8. The number of benzene rings is 1. The Morgan fingerprint density at radius 2 is 1.80 bits per heavy atom. The minimum atomic E-state index is -4.05. The van der Waals surface area contributed by atoms with Crippen molar-refractivity contribution in [3.05, 3.63) is 35.9 Å². The van der Waals surface area contributed by atoms with E-state index < -0.39 is 21.4 Å². The average molecular weight is 298 g/mol. The van der Waals surface area contributed by atoms with E-state index in [4.69, 9.17) is 5.73 Å². The molecule has 3 N–H and O–H groups in total. The van der Waals surface area contributed by atoms with E-state index in [1.165, 1.54) is 5.56 Å². The number of rotatable bonds is 4. The summed E-state index contributed by atoms with van der Waals surface area (Å²) in [5.41, 5.74) is 3.88. The summed E-state index contributed by atoms with van der Waals surface area (Å²) in [7, 11) is -4.05. The molecule has 1 aliphatic heterocycles. The van der Waals surface area contributed by atoms with Crippen molar-refractivity contribution in [3.8, 4) is 0 Å². The van der Waals surface area contributed by atoms with E-state index in [2.05, 4.69) is 0 Å². The molecule has 0 spiro atoms. The summed E-state index contributed by atoms with van der Waals surface area (Å²) in [5.74, 6) is -0.941. The van der Waals surface area contributed by atoms with Gasteiger partial charge in [-0.1, -0.05) is 30.3 Å². The van der Waals surface area contributed by atoms with E-state index in [0.29, 0.717) is 18.8 Å². The standard InChI is InChI=1S/C13H18N2O4S/c14-12(16)13(17)20(18,19)15-8-6-11(7-9-15)10-4-2-1-3-5-10/h1-5,11,13,17H,6-9H2,(H2,14,16). The van der Waals surface area contributed by atoms with Gasteiger partial charge in [-0.3, -0.25) is 4.79 Å². The summed E-state index contributed by atoms with van der Waals surface area (Å²) in [6, 6.07) is 9.89. The fourth-order valence-electron chi connectivity index (χ4n) is 2.46. The fourth-order valence-corrected chi connectivity index (χ4v) is 3.75. The van der Waals surface area contributed by atoms with Crippen molar-refractivity contribution in [1.82, 2.24) is 4.31 Å². The zero-order chi connectivity index (χ0) is 14.8. The highest BCUT2D eigenvalue weighted by Gasteiger charge is 2.36. The van der Waals surface area contributed by atoms with Crippen LogP contribution in [0.3, 0.4) is 0 Å². The van der Waals surface area contributed by atoms with Crippen molar-refractivity contribution in [2.75, 3.05) is 13.1 Å². The lowest BCUT2D eigenvalue weighted by atomic mass is 9.90. The maximum atomic E-state index is 11.9. The van der Waals surface area contributed by atoms with Crippen LogP contribution in [0.5, 0.6) is 0 Å². The molecule has 0 aromatic heterocycles. The number of hydrogen-bond donors (Lipinski definition) is 2. The van der Waals surface area contributed by atoms with E-state index in [1.54, 1.807) is 0 Å². The number of hydrogen-bond acceptors (Lipinski definition) is 4. The van der Waals surface area contributed by atoms with Crippen LogP contribution in [0, 0.1) is 0 Å². The average Bonchev–Trinajstić information content (AvgIpc) is 2.47. The highest BCUT2D eigenvalue weighted by atomic mass is 32.2. The van der Waals surface area contributed by atoms with Gasteiger partial charge in [0.25, 0.3) is 15.9 Å². The van der Waals surface area contributed by atoms with E-state index in [0.717, 1.165) is 4.31 Å². The van der Waals surface area contributed by atoms with Gasteiger partial charge in [-0.2, -0.15) is 4.31 Å². The summed E-state index contributed by atoms with van der Waals surface area (Å²) >= 11 is 0. The Bertz CT molecular complexity index is 565. The Morgan fingerprint density at radius 3 is 2.30 bits per heavy atom.